The van der Waals surface area contributed by atoms with Gasteiger partial charge < -0.3 is 9.47 Å². The van der Waals surface area contributed by atoms with Gasteiger partial charge in [0.25, 0.3) is 0 Å². The number of carbonyl (C=O) groups is 1. The van der Waals surface area contributed by atoms with Crippen LogP contribution in [0.5, 0.6) is 0 Å². The van der Waals surface area contributed by atoms with Crippen LogP contribution in [-0.4, -0.2) is 36.5 Å². The lowest BCUT2D eigenvalue weighted by Crippen LogP contribution is -2.41. The molecule has 1 atom stereocenters. The van der Waals surface area contributed by atoms with E-state index in [9.17, 15) is 17.6 Å². The molecule has 0 spiro atoms. The lowest BCUT2D eigenvalue weighted by atomic mass is 10.1. The fraction of sp³-hybridized carbons (Fsp3) is 0.167. The number of rotatable bonds is 5. The zero-order chi connectivity index (χ0) is 24.0. The number of amides is 1. The molecular formula is C24H20ClFN4O3S. The molecule has 0 radical (unpaired) electrons. The van der Waals surface area contributed by atoms with Gasteiger partial charge in [-0.05, 0) is 53.6 Å². The first-order valence-corrected chi connectivity index (χ1v) is 12.4. The fourth-order valence-electron chi connectivity index (χ4n) is 4.17. The second-order valence-electron chi connectivity index (χ2n) is 8.16. The van der Waals surface area contributed by atoms with Crippen LogP contribution in [0, 0.1) is 5.82 Å². The Kier molecular flexibility index (Phi) is 5.63. The Bertz CT molecular complexity index is 1540. The Morgan fingerprint density at radius 1 is 1.09 bits per heavy atom. The molecule has 0 unspecified atom stereocenters. The third-order valence-corrected chi connectivity index (χ3v) is 7.64. The summed E-state index contributed by atoms with van der Waals surface area (Å²) in [5.74, 6) is -1.06. The Balaban J connectivity index is 1.36. The van der Waals surface area contributed by atoms with Crippen LogP contribution in [-0.2, 0) is 21.9 Å². The van der Waals surface area contributed by atoms with Crippen molar-refractivity contribution in [1.82, 2.24) is 14.3 Å². The molecule has 0 saturated carbocycles. The largest absolute Gasteiger partial charge is 0.334 e. The van der Waals surface area contributed by atoms with Crippen LogP contribution >= 0.6 is 11.6 Å². The van der Waals surface area contributed by atoms with Crippen LogP contribution in [0.15, 0.2) is 72.0 Å². The van der Waals surface area contributed by atoms with Gasteiger partial charge in [-0.1, -0.05) is 29.8 Å². The molecule has 1 aliphatic heterocycles. The zero-order valence-electron chi connectivity index (χ0n) is 18.1. The molecule has 7 nitrogen and oxygen atoms in total. The highest BCUT2D eigenvalue weighted by Crippen LogP contribution is 2.30. The van der Waals surface area contributed by atoms with Crippen molar-refractivity contribution >= 4 is 44.0 Å². The molecule has 1 amide bonds. The molecule has 10 heteroatoms. The van der Waals surface area contributed by atoms with Gasteiger partial charge in [0.2, 0.25) is 15.9 Å². The highest BCUT2D eigenvalue weighted by Gasteiger charge is 2.36. The topological polar surface area (TPSA) is 84.3 Å². The van der Waals surface area contributed by atoms with Crippen molar-refractivity contribution in [3.8, 4) is 11.3 Å². The summed E-state index contributed by atoms with van der Waals surface area (Å²) >= 11 is 5.99. The van der Waals surface area contributed by atoms with Gasteiger partial charge in [0.1, 0.15) is 11.9 Å². The van der Waals surface area contributed by atoms with Crippen LogP contribution in [0.2, 0.25) is 5.02 Å². The smallest absolute Gasteiger partial charge is 0.245 e. The van der Waals surface area contributed by atoms with E-state index in [0.29, 0.717) is 16.0 Å². The third kappa shape index (κ3) is 4.06. The van der Waals surface area contributed by atoms with Gasteiger partial charge >= 0.3 is 0 Å². The summed E-state index contributed by atoms with van der Waals surface area (Å²) in [5.41, 5.74) is 1.48. The number of hydrogen-bond donors (Lipinski definition) is 1. The predicted octanol–water partition coefficient (Wildman–Crippen LogP) is 4.12. The van der Waals surface area contributed by atoms with Gasteiger partial charge in [-0.25, -0.2) is 17.8 Å². The van der Waals surface area contributed by atoms with Crippen LogP contribution in [0.4, 0.5) is 10.1 Å². The number of carbonyl (C=O) groups excluding carboxylic acids is 1. The molecule has 174 valence electrons. The molecule has 0 aliphatic carbocycles. The van der Waals surface area contributed by atoms with Crippen molar-refractivity contribution in [2.45, 2.75) is 17.4 Å². The first-order valence-electron chi connectivity index (χ1n) is 10.5. The Hall–Kier alpha value is -3.27. The minimum absolute atomic E-state index is 0.0419. The summed E-state index contributed by atoms with van der Waals surface area (Å²) in [5, 5.41) is 2.07. The zero-order valence-corrected chi connectivity index (χ0v) is 19.6. The van der Waals surface area contributed by atoms with Crippen molar-refractivity contribution in [1.29, 1.82) is 0 Å². The van der Waals surface area contributed by atoms with Crippen molar-refractivity contribution < 1.29 is 17.6 Å². The lowest BCUT2D eigenvalue weighted by molar-refractivity contribution is -0.118. The lowest BCUT2D eigenvalue weighted by Gasteiger charge is -2.19. The number of halogens is 2. The monoisotopic (exact) mass is 498 g/mol. The maximum Gasteiger partial charge on any atom is 0.245 e. The van der Waals surface area contributed by atoms with Gasteiger partial charge in [0.05, 0.1) is 28.8 Å². The van der Waals surface area contributed by atoms with Gasteiger partial charge in [-0.2, -0.15) is 4.72 Å². The van der Waals surface area contributed by atoms with Gasteiger partial charge in [-0.3, -0.25) is 4.79 Å². The summed E-state index contributed by atoms with van der Waals surface area (Å²) in [6.07, 6.45) is 3.47. The van der Waals surface area contributed by atoms with E-state index in [-0.39, 0.29) is 23.5 Å². The number of sulfonamides is 1. The Labute approximate surface area is 200 Å². The van der Waals surface area contributed by atoms with Gasteiger partial charge in [0, 0.05) is 24.2 Å². The Morgan fingerprint density at radius 2 is 1.85 bits per heavy atom. The van der Waals surface area contributed by atoms with E-state index in [1.54, 1.807) is 54.5 Å². The number of aryl methyl sites for hydroxylation is 1. The van der Waals surface area contributed by atoms with E-state index in [4.69, 9.17) is 11.6 Å². The summed E-state index contributed by atoms with van der Waals surface area (Å²) in [7, 11) is -2.16. The van der Waals surface area contributed by atoms with Crippen molar-refractivity contribution in [2.24, 2.45) is 7.05 Å². The van der Waals surface area contributed by atoms with Crippen LogP contribution in [0.25, 0.3) is 22.0 Å². The molecule has 1 aliphatic rings. The summed E-state index contributed by atoms with van der Waals surface area (Å²) in [6.45, 7) is 0.199. The number of benzene rings is 3. The molecule has 3 aromatic carbocycles. The molecule has 4 aromatic rings. The van der Waals surface area contributed by atoms with Gasteiger partial charge in [0.15, 0.2) is 0 Å². The number of hydrogen-bond acceptors (Lipinski definition) is 4. The van der Waals surface area contributed by atoms with Gasteiger partial charge in [-0.15, -0.1) is 0 Å². The second-order valence-corrected chi connectivity index (χ2v) is 10.3. The number of aromatic nitrogens is 2. The molecule has 5 rings (SSSR count). The number of nitrogens with zero attached hydrogens (tertiary/aromatic N) is 3. The number of fused-ring (bicyclic) bond motifs is 1. The predicted molar refractivity (Wildman–Crippen MR) is 129 cm³/mol. The van der Waals surface area contributed by atoms with Crippen molar-refractivity contribution in [3.63, 3.8) is 0 Å². The van der Waals surface area contributed by atoms with Crippen molar-refractivity contribution in [2.75, 3.05) is 11.4 Å². The maximum atomic E-state index is 14.9. The minimum Gasteiger partial charge on any atom is -0.334 e. The van der Waals surface area contributed by atoms with Crippen LogP contribution in [0.3, 0.4) is 0 Å². The fourth-order valence-corrected chi connectivity index (χ4v) is 5.61. The van der Waals surface area contributed by atoms with E-state index in [1.165, 1.54) is 29.2 Å². The first-order chi connectivity index (χ1) is 16.2. The molecule has 1 fully saturated rings. The number of nitrogens with one attached hydrogen (secondary N) is 1. The summed E-state index contributed by atoms with van der Waals surface area (Å²) < 4.78 is 45.1. The molecule has 34 heavy (non-hydrogen) atoms. The highest BCUT2D eigenvalue weighted by atomic mass is 35.5. The SMILES string of the molecule is Cn1cncc1-c1ccc(N2CC[C@H](NS(=O)(=O)c3ccc4cc(Cl)ccc4c3)C2=O)c(F)c1. The number of imidazole rings is 1. The quantitative estimate of drug-likeness (QED) is 0.448. The van der Waals surface area contributed by atoms with Crippen molar-refractivity contribution in [3.05, 3.63) is 78.0 Å². The highest BCUT2D eigenvalue weighted by molar-refractivity contribution is 7.89. The summed E-state index contributed by atoms with van der Waals surface area (Å²) in [6, 6.07) is 13.4. The third-order valence-electron chi connectivity index (χ3n) is 5.94. The van der Waals surface area contributed by atoms with E-state index >= 15 is 0 Å². The van der Waals surface area contributed by atoms with E-state index in [0.717, 1.165) is 11.1 Å². The minimum atomic E-state index is -3.97. The second kappa shape index (κ2) is 8.50. The number of anilines is 1. The first kappa shape index (κ1) is 22.5. The molecule has 1 saturated heterocycles. The van der Waals surface area contributed by atoms with Crippen LogP contribution < -0.4 is 9.62 Å². The van der Waals surface area contributed by atoms with E-state index < -0.39 is 27.8 Å². The molecule has 0 bridgehead atoms. The standard InChI is InChI=1S/C24H20ClFN4O3S/c1-29-14-27-13-23(29)17-4-7-22(20(26)12-17)30-9-8-21(24(30)31)28-34(32,33)19-6-3-15-10-18(25)5-2-16(15)11-19/h2-7,10-14,21,28H,8-9H2,1H3/t21-/m0/s1. The summed E-state index contributed by atoms with van der Waals surface area (Å²) in [4.78, 5) is 18.3. The molecule has 1 aromatic heterocycles. The van der Waals surface area contributed by atoms with Crippen LogP contribution in [0.1, 0.15) is 6.42 Å². The normalized spacial score (nSPS) is 16.5. The molecular weight excluding hydrogens is 479 g/mol. The Morgan fingerprint density at radius 3 is 2.59 bits per heavy atom. The molecule has 2 heterocycles. The molecule has 1 N–H and O–H groups in total. The average Bonchev–Trinajstić information content (AvgIpc) is 3.38. The maximum absolute atomic E-state index is 14.9. The van der Waals surface area contributed by atoms with E-state index in [1.807, 2.05) is 0 Å². The average molecular weight is 499 g/mol. The van der Waals surface area contributed by atoms with E-state index in [2.05, 4.69) is 9.71 Å².